The molecular weight excluding hydrogens is 609 g/mol. The highest BCUT2D eigenvalue weighted by Gasteiger charge is 2.36. The quantitative estimate of drug-likeness (QED) is 0.0362. The lowest BCUT2D eigenvalue weighted by atomic mass is 9.94. The van der Waals surface area contributed by atoms with Gasteiger partial charge >= 0.3 is 5.97 Å². The van der Waals surface area contributed by atoms with Crippen molar-refractivity contribution >= 4 is 5.97 Å². The molecule has 1 aliphatic rings. The summed E-state index contributed by atoms with van der Waals surface area (Å²) in [5, 5.41) is 0. The normalized spacial score (nSPS) is 15.5. The molecule has 292 valence electrons. The summed E-state index contributed by atoms with van der Waals surface area (Å²) >= 11 is 0. The summed E-state index contributed by atoms with van der Waals surface area (Å²) in [6.07, 6.45) is 63.2. The van der Waals surface area contributed by atoms with Gasteiger partial charge in [-0.05, 0) is 76.7 Å². The molecular formula is C48H88O2. The average Bonchev–Trinajstić information content (AvgIpc) is 3.12. The molecule has 1 heterocycles. The van der Waals surface area contributed by atoms with Gasteiger partial charge in [-0.15, -0.1) is 0 Å². The number of allylic oxidation sites excluding steroid dienone is 5. The predicted octanol–water partition coefficient (Wildman–Crippen LogP) is 17.0. The van der Waals surface area contributed by atoms with E-state index in [2.05, 4.69) is 44.2 Å². The fraction of sp³-hybridized carbons (Fsp3) is 0.854. The van der Waals surface area contributed by atoms with Gasteiger partial charge in [0.25, 0.3) is 0 Å². The van der Waals surface area contributed by atoms with Gasteiger partial charge in [-0.1, -0.05) is 212 Å². The standard InChI is InChI=1S/C48H88O2/c1-3-5-7-9-11-13-15-17-19-21-23-25-27-29-31-33-35-37-39-41-43-45-47-46(48(49)50-47)44-42-40-38-36-34-32-30-28-26-24-22-20-18-16-14-12-10-8-6-4-2/h33-36,45-46H,3-32,37-44H2,1-2H3/b35-33+,36-34+,47-45+. The lowest BCUT2D eigenvalue weighted by Gasteiger charge is -2.27. The highest BCUT2D eigenvalue weighted by atomic mass is 16.6. The topological polar surface area (TPSA) is 26.3 Å². The third-order valence-electron chi connectivity index (χ3n) is 10.9. The molecule has 0 radical (unpaired) electrons. The number of unbranched alkanes of at least 4 members (excludes halogenated alkanes) is 33. The number of cyclic esters (lactones) is 1. The van der Waals surface area contributed by atoms with Crippen molar-refractivity contribution in [3.8, 4) is 0 Å². The van der Waals surface area contributed by atoms with Crippen molar-refractivity contribution in [2.45, 2.75) is 258 Å². The summed E-state index contributed by atoms with van der Waals surface area (Å²) in [5.41, 5.74) is 0. The Morgan fingerprint density at radius 2 is 0.660 bits per heavy atom. The van der Waals surface area contributed by atoms with Crippen LogP contribution in [0.4, 0.5) is 0 Å². The minimum absolute atomic E-state index is 0.00368. The molecule has 0 N–H and O–H groups in total. The zero-order valence-electron chi connectivity index (χ0n) is 34.2. The fourth-order valence-corrected chi connectivity index (χ4v) is 7.41. The van der Waals surface area contributed by atoms with Crippen LogP contribution in [-0.2, 0) is 9.53 Å². The van der Waals surface area contributed by atoms with Crippen molar-refractivity contribution in [1.29, 1.82) is 0 Å². The highest BCUT2D eigenvalue weighted by Crippen LogP contribution is 2.32. The summed E-state index contributed by atoms with van der Waals surface area (Å²) in [7, 11) is 0. The van der Waals surface area contributed by atoms with E-state index in [-0.39, 0.29) is 11.9 Å². The van der Waals surface area contributed by atoms with Crippen molar-refractivity contribution < 1.29 is 9.53 Å². The number of hydrogen-bond acceptors (Lipinski definition) is 2. The highest BCUT2D eigenvalue weighted by molar-refractivity contribution is 5.82. The van der Waals surface area contributed by atoms with E-state index in [4.69, 9.17) is 4.74 Å². The first kappa shape index (κ1) is 46.7. The minimum Gasteiger partial charge on any atom is -0.430 e. The average molecular weight is 697 g/mol. The maximum atomic E-state index is 12.0. The molecule has 1 fully saturated rings. The van der Waals surface area contributed by atoms with Crippen molar-refractivity contribution in [2.75, 3.05) is 0 Å². The monoisotopic (exact) mass is 697 g/mol. The Morgan fingerprint density at radius 1 is 0.380 bits per heavy atom. The van der Waals surface area contributed by atoms with Gasteiger partial charge in [-0.2, -0.15) is 0 Å². The van der Waals surface area contributed by atoms with E-state index < -0.39 is 0 Å². The van der Waals surface area contributed by atoms with Gasteiger partial charge < -0.3 is 4.74 Å². The zero-order valence-corrected chi connectivity index (χ0v) is 34.2. The Hall–Kier alpha value is -1.31. The molecule has 0 amide bonds. The molecule has 0 bridgehead atoms. The van der Waals surface area contributed by atoms with Gasteiger partial charge in [-0.3, -0.25) is 4.79 Å². The van der Waals surface area contributed by atoms with Crippen LogP contribution in [0.2, 0.25) is 0 Å². The van der Waals surface area contributed by atoms with Gasteiger partial charge in [-0.25, -0.2) is 0 Å². The maximum Gasteiger partial charge on any atom is 0.321 e. The van der Waals surface area contributed by atoms with E-state index in [0.717, 1.165) is 31.4 Å². The summed E-state index contributed by atoms with van der Waals surface area (Å²) < 4.78 is 5.38. The summed E-state index contributed by atoms with van der Waals surface area (Å²) in [5.74, 6) is 0.993. The summed E-state index contributed by atoms with van der Waals surface area (Å²) in [4.78, 5) is 12.0. The molecule has 1 rings (SSSR count). The van der Waals surface area contributed by atoms with Crippen molar-refractivity contribution in [1.82, 2.24) is 0 Å². The van der Waals surface area contributed by atoms with E-state index in [1.807, 2.05) is 0 Å². The van der Waals surface area contributed by atoms with Crippen LogP contribution in [0.15, 0.2) is 36.1 Å². The molecule has 2 heteroatoms. The fourth-order valence-electron chi connectivity index (χ4n) is 7.41. The van der Waals surface area contributed by atoms with E-state index >= 15 is 0 Å². The van der Waals surface area contributed by atoms with Gasteiger partial charge in [0.15, 0.2) is 0 Å². The molecule has 50 heavy (non-hydrogen) atoms. The molecule has 1 atom stereocenters. The van der Waals surface area contributed by atoms with Gasteiger partial charge in [0, 0.05) is 0 Å². The van der Waals surface area contributed by atoms with Crippen LogP contribution in [0, 0.1) is 5.92 Å². The third-order valence-corrected chi connectivity index (χ3v) is 10.9. The second-order valence-electron chi connectivity index (χ2n) is 15.9. The van der Waals surface area contributed by atoms with Crippen LogP contribution >= 0.6 is 0 Å². The lowest BCUT2D eigenvalue weighted by Crippen LogP contribution is -2.32. The second-order valence-corrected chi connectivity index (χ2v) is 15.9. The van der Waals surface area contributed by atoms with Crippen LogP contribution in [0.5, 0.6) is 0 Å². The molecule has 0 aromatic rings. The number of ether oxygens (including phenoxy) is 1. The Labute approximate surface area is 314 Å². The zero-order chi connectivity index (χ0) is 35.8. The Bertz CT molecular complexity index is 792. The SMILES string of the molecule is CCCCCCCCCCCCCCCC/C=C/CCCC/C=C1/OC(=O)C1CCCC/C=C/CCCCCCCCCCCCCCCC. The Morgan fingerprint density at radius 3 is 1.00 bits per heavy atom. The number of carbonyl (C=O) groups is 1. The Balaban J connectivity index is 1.84. The minimum atomic E-state index is -0.00368. The first-order valence-electron chi connectivity index (χ1n) is 23.0. The first-order valence-corrected chi connectivity index (χ1v) is 23.0. The lowest BCUT2D eigenvalue weighted by molar-refractivity contribution is -0.157. The summed E-state index contributed by atoms with van der Waals surface area (Å²) in [6.45, 7) is 4.59. The van der Waals surface area contributed by atoms with Crippen molar-refractivity contribution in [2.24, 2.45) is 5.92 Å². The molecule has 1 saturated heterocycles. The molecule has 0 aromatic carbocycles. The Kier molecular flexibility index (Phi) is 36.4. The number of carbonyl (C=O) groups excluding carboxylic acids is 1. The van der Waals surface area contributed by atoms with Crippen LogP contribution in [0.25, 0.3) is 0 Å². The van der Waals surface area contributed by atoms with Crippen molar-refractivity contribution in [3.63, 3.8) is 0 Å². The molecule has 0 aromatic heterocycles. The predicted molar refractivity (Wildman–Crippen MR) is 223 cm³/mol. The van der Waals surface area contributed by atoms with E-state index in [9.17, 15) is 4.79 Å². The van der Waals surface area contributed by atoms with Gasteiger partial charge in [0.05, 0.1) is 0 Å². The van der Waals surface area contributed by atoms with E-state index in [1.165, 1.54) is 218 Å². The number of rotatable bonds is 40. The van der Waals surface area contributed by atoms with Crippen molar-refractivity contribution in [3.05, 3.63) is 36.1 Å². The van der Waals surface area contributed by atoms with E-state index in [1.54, 1.807) is 0 Å². The third kappa shape index (κ3) is 31.4. The summed E-state index contributed by atoms with van der Waals surface area (Å²) in [6, 6.07) is 0. The number of esters is 1. The second kappa shape index (κ2) is 38.9. The molecule has 1 aliphatic heterocycles. The molecule has 2 nitrogen and oxygen atoms in total. The van der Waals surface area contributed by atoms with Gasteiger partial charge in [0.2, 0.25) is 0 Å². The van der Waals surface area contributed by atoms with Crippen LogP contribution in [0.3, 0.4) is 0 Å². The van der Waals surface area contributed by atoms with E-state index in [0.29, 0.717) is 0 Å². The largest absolute Gasteiger partial charge is 0.430 e. The molecule has 0 spiro atoms. The first-order chi connectivity index (χ1) is 24.8. The smallest absolute Gasteiger partial charge is 0.321 e. The van der Waals surface area contributed by atoms with Gasteiger partial charge in [0.1, 0.15) is 11.7 Å². The molecule has 1 unspecified atom stereocenters. The maximum absolute atomic E-state index is 12.0. The van der Waals surface area contributed by atoms with Crippen LogP contribution in [-0.4, -0.2) is 5.97 Å². The van der Waals surface area contributed by atoms with Crippen LogP contribution < -0.4 is 0 Å². The number of hydrogen-bond donors (Lipinski definition) is 0. The molecule has 0 aliphatic carbocycles. The molecule has 0 saturated carbocycles. The van der Waals surface area contributed by atoms with Crippen LogP contribution in [0.1, 0.15) is 258 Å².